The van der Waals surface area contributed by atoms with Gasteiger partial charge in [-0.2, -0.15) is 0 Å². The summed E-state index contributed by atoms with van der Waals surface area (Å²) in [5.74, 6) is -0.175. The number of carbonyl (C=O) groups is 3. The van der Waals surface area contributed by atoms with E-state index in [4.69, 9.17) is 0 Å². The van der Waals surface area contributed by atoms with Crippen LogP contribution in [0.1, 0.15) is 38.7 Å². The summed E-state index contributed by atoms with van der Waals surface area (Å²) in [5.41, 5.74) is 0.880. The third-order valence-electron chi connectivity index (χ3n) is 5.91. The van der Waals surface area contributed by atoms with Crippen molar-refractivity contribution >= 4 is 23.9 Å². The van der Waals surface area contributed by atoms with Crippen LogP contribution in [-0.2, 0) is 9.59 Å². The highest BCUT2D eigenvalue weighted by Crippen LogP contribution is 2.36. The normalized spacial score (nSPS) is 23.0. The largest absolute Gasteiger partial charge is 0.339 e. The molecule has 6 nitrogen and oxygen atoms in total. The highest BCUT2D eigenvalue weighted by atomic mass is 16.2. The van der Waals surface area contributed by atoms with Gasteiger partial charge in [0.25, 0.3) is 5.91 Å². The number of urea groups is 1. The maximum atomic E-state index is 13.1. The van der Waals surface area contributed by atoms with E-state index in [1.165, 1.54) is 4.90 Å². The van der Waals surface area contributed by atoms with Gasteiger partial charge in [0.15, 0.2) is 0 Å². The van der Waals surface area contributed by atoms with Gasteiger partial charge in [-0.15, -0.1) is 0 Å². The van der Waals surface area contributed by atoms with Crippen molar-refractivity contribution in [3.63, 3.8) is 0 Å². The SMILES string of the molecule is C=C(C)CN1C(=O)NC(CC)(C2CCN(C(=O)/C=C/c3ccccc3)CC2)C1=O. The lowest BCUT2D eigenvalue weighted by Gasteiger charge is -2.40. The van der Waals surface area contributed by atoms with Crippen LogP contribution in [0.3, 0.4) is 0 Å². The molecule has 1 aromatic carbocycles. The fourth-order valence-corrected chi connectivity index (χ4v) is 4.29. The van der Waals surface area contributed by atoms with E-state index in [0.29, 0.717) is 32.4 Å². The number of rotatable bonds is 6. The van der Waals surface area contributed by atoms with E-state index in [1.807, 2.05) is 48.2 Å². The van der Waals surface area contributed by atoms with Gasteiger partial charge in [0, 0.05) is 19.2 Å². The summed E-state index contributed by atoms with van der Waals surface area (Å²) in [6.45, 7) is 8.95. The molecular weight excluding hydrogens is 366 g/mol. The summed E-state index contributed by atoms with van der Waals surface area (Å²) in [6, 6.07) is 9.37. The van der Waals surface area contributed by atoms with E-state index >= 15 is 0 Å². The van der Waals surface area contributed by atoms with Gasteiger partial charge in [-0.1, -0.05) is 49.4 Å². The smallest absolute Gasteiger partial charge is 0.325 e. The lowest BCUT2D eigenvalue weighted by molar-refractivity contribution is -0.134. The zero-order valence-corrected chi connectivity index (χ0v) is 17.2. The minimum Gasteiger partial charge on any atom is -0.339 e. The Kier molecular flexibility index (Phi) is 6.20. The zero-order valence-electron chi connectivity index (χ0n) is 17.2. The fourth-order valence-electron chi connectivity index (χ4n) is 4.29. The second kappa shape index (κ2) is 8.64. The first-order valence-corrected chi connectivity index (χ1v) is 10.2. The topological polar surface area (TPSA) is 69.7 Å². The third kappa shape index (κ3) is 4.26. The first-order valence-electron chi connectivity index (χ1n) is 10.2. The minimum atomic E-state index is -0.873. The molecule has 0 aromatic heterocycles. The summed E-state index contributed by atoms with van der Waals surface area (Å²) in [7, 11) is 0. The molecule has 0 spiro atoms. The molecule has 2 saturated heterocycles. The molecule has 1 unspecified atom stereocenters. The van der Waals surface area contributed by atoms with Crippen molar-refractivity contribution in [1.82, 2.24) is 15.1 Å². The van der Waals surface area contributed by atoms with Gasteiger partial charge in [0.05, 0.1) is 6.54 Å². The van der Waals surface area contributed by atoms with Crippen LogP contribution in [0.25, 0.3) is 6.08 Å². The number of imide groups is 1. The second-order valence-corrected chi connectivity index (χ2v) is 7.95. The van der Waals surface area contributed by atoms with Gasteiger partial charge in [-0.3, -0.25) is 14.5 Å². The molecule has 0 saturated carbocycles. The van der Waals surface area contributed by atoms with E-state index < -0.39 is 5.54 Å². The molecule has 4 amide bonds. The molecule has 2 heterocycles. The molecule has 2 fully saturated rings. The van der Waals surface area contributed by atoms with Crippen molar-refractivity contribution in [2.45, 2.75) is 38.6 Å². The van der Waals surface area contributed by atoms with Crippen LogP contribution in [0, 0.1) is 5.92 Å². The standard InChI is InChI=1S/C23H29N3O3/c1-4-23(21(28)26(16-17(2)3)22(29)24-23)19-12-14-25(15-13-19)20(27)11-10-18-8-6-5-7-9-18/h5-11,19H,2,4,12-16H2,1,3H3,(H,24,29)/b11-10+. The van der Waals surface area contributed by atoms with Crippen LogP contribution >= 0.6 is 0 Å². The quantitative estimate of drug-likeness (QED) is 0.457. The van der Waals surface area contributed by atoms with Crippen molar-refractivity contribution in [3.05, 3.63) is 54.1 Å². The molecule has 1 N–H and O–H groups in total. The number of nitrogens with one attached hydrogen (secondary N) is 1. The Hall–Kier alpha value is -2.89. The Bertz CT molecular complexity index is 825. The predicted octanol–water partition coefficient (Wildman–Crippen LogP) is 3.22. The van der Waals surface area contributed by atoms with Crippen LogP contribution in [0.5, 0.6) is 0 Å². The number of benzene rings is 1. The molecule has 1 atom stereocenters. The number of nitrogens with zero attached hydrogens (tertiary/aromatic N) is 2. The highest BCUT2D eigenvalue weighted by molar-refractivity contribution is 6.07. The molecule has 0 aliphatic carbocycles. The predicted molar refractivity (Wildman–Crippen MR) is 113 cm³/mol. The minimum absolute atomic E-state index is 0.0150. The lowest BCUT2D eigenvalue weighted by atomic mass is 9.75. The maximum Gasteiger partial charge on any atom is 0.325 e. The average Bonchev–Trinajstić information content (AvgIpc) is 2.97. The molecule has 2 aliphatic heterocycles. The van der Waals surface area contributed by atoms with Crippen LogP contribution < -0.4 is 5.32 Å². The molecule has 0 radical (unpaired) electrons. The van der Waals surface area contributed by atoms with E-state index in [1.54, 1.807) is 13.0 Å². The molecule has 154 valence electrons. The Morgan fingerprint density at radius 1 is 1.24 bits per heavy atom. The summed E-state index contributed by atoms with van der Waals surface area (Å²) >= 11 is 0. The number of amides is 4. The maximum absolute atomic E-state index is 13.1. The van der Waals surface area contributed by atoms with Crippen LogP contribution in [0.4, 0.5) is 4.79 Å². The first-order chi connectivity index (χ1) is 13.9. The summed E-state index contributed by atoms with van der Waals surface area (Å²) in [6.07, 6.45) is 5.33. The highest BCUT2D eigenvalue weighted by Gasteiger charge is 2.54. The van der Waals surface area contributed by atoms with Crippen molar-refractivity contribution in [3.8, 4) is 0 Å². The molecule has 2 aliphatic rings. The number of carbonyl (C=O) groups excluding carboxylic acids is 3. The monoisotopic (exact) mass is 395 g/mol. The molecular formula is C23H29N3O3. The van der Waals surface area contributed by atoms with E-state index in [-0.39, 0.29) is 30.3 Å². The molecule has 0 bridgehead atoms. The van der Waals surface area contributed by atoms with Crippen molar-refractivity contribution < 1.29 is 14.4 Å². The number of likely N-dealkylation sites (tertiary alicyclic amines) is 1. The van der Waals surface area contributed by atoms with E-state index in [0.717, 1.165) is 11.1 Å². The number of hydrogen-bond acceptors (Lipinski definition) is 3. The van der Waals surface area contributed by atoms with E-state index in [9.17, 15) is 14.4 Å². The summed E-state index contributed by atoms with van der Waals surface area (Å²) in [4.78, 5) is 41.1. The van der Waals surface area contributed by atoms with Gasteiger partial charge in [0.2, 0.25) is 5.91 Å². The molecule has 1 aromatic rings. The van der Waals surface area contributed by atoms with Gasteiger partial charge in [-0.05, 0) is 43.7 Å². The van der Waals surface area contributed by atoms with E-state index in [2.05, 4.69) is 11.9 Å². The Balaban J connectivity index is 1.64. The van der Waals surface area contributed by atoms with Gasteiger partial charge in [0.1, 0.15) is 5.54 Å². The molecule has 3 rings (SSSR count). The first kappa shape index (κ1) is 20.8. The van der Waals surface area contributed by atoms with Crippen LogP contribution in [-0.4, -0.2) is 52.8 Å². The van der Waals surface area contributed by atoms with Crippen molar-refractivity contribution in [2.24, 2.45) is 5.92 Å². The lowest BCUT2D eigenvalue weighted by Crippen LogP contribution is -2.56. The number of hydrogen-bond donors (Lipinski definition) is 1. The average molecular weight is 396 g/mol. The molecule has 6 heteroatoms. The van der Waals surface area contributed by atoms with Gasteiger partial charge < -0.3 is 10.2 Å². The summed E-state index contributed by atoms with van der Waals surface area (Å²) < 4.78 is 0. The zero-order chi connectivity index (χ0) is 21.0. The Morgan fingerprint density at radius 3 is 2.48 bits per heavy atom. The van der Waals surface area contributed by atoms with Gasteiger partial charge >= 0.3 is 6.03 Å². The number of piperidine rings is 1. The second-order valence-electron chi connectivity index (χ2n) is 7.95. The van der Waals surface area contributed by atoms with Crippen LogP contribution in [0.15, 0.2) is 48.6 Å². The van der Waals surface area contributed by atoms with Crippen molar-refractivity contribution in [2.75, 3.05) is 19.6 Å². The van der Waals surface area contributed by atoms with Crippen molar-refractivity contribution in [1.29, 1.82) is 0 Å². The fraction of sp³-hybridized carbons (Fsp3) is 0.435. The Labute approximate surface area is 172 Å². The van der Waals surface area contributed by atoms with Crippen LogP contribution in [0.2, 0.25) is 0 Å². The third-order valence-corrected chi connectivity index (χ3v) is 5.91. The van der Waals surface area contributed by atoms with Gasteiger partial charge in [-0.25, -0.2) is 4.79 Å². The Morgan fingerprint density at radius 2 is 1.90 bits per heavy atom. The summed E-state index contributed by atoms with van der Waals surface area (Å²) in [5, 5.41) is 2.96. The molecule has 29 heavy (non-hydrogen) atoms.